The monoisotopic (exact) mass is 1830 g/mol. The highest BCUT2D eigenvalue weighted by Gasteiger charge is 2.41. The highest BCUT2D eigenvalue weighted by atomic mass is 16.7. The second-order valence-electron chi connectivity index (χ2n) is 44.5. The van der Waals surface area contributed by atoms with Crippen molar-refractivity contribution in [2.75, 3.05) is 85.8 Å². The van der Waals surface area contributed by atoms with Crippen LogP contribution >= 0.6 is 0 Å². The van der Waals surface area contributed by atoms with Gasteiger partial charge in [0.2, 0.25) is 0 Å². The van der Waals surface area contributed by atoms with Gasteiger partial charge in [-0.25, -0.2) is 0 Å². The van der Waals surface area contributed by atoms with Crippen LogP contribution < -0.4 is 63.1 Å². The Bertz CT molecular complexity index is 2560. The molecule has 5 unspecified atom stereocenters. The van der Waals surface area contributed by atoms with Gasteiger partial charge in [-0.05, 0) is 273 Å². The van der Waals surface area contributed by atoms with E-state index < -0.39 is 23.1 Å². The molecule has 0 radical (unpaired) electrons. The Morgan fingerprint density at radius 3 is 0.750 bits per heavy atom. The van der Waals surface area contributed by atoms with Gasteiger partial charge in [0.25, 0.3) is 0 Å². The Hall–Kier alpha value is -1.00. The van der Waals surface area contributed by atoms with Crippen LogP contribution in [-0.2, 0) is 66.3 Å². The molecule has 10 aliphatic carbocycles. The number of hydrogen-bond acceptors (Lipinski definition) is 25. The Labute approximate surface area is 784 Å². The molecule has 0 aliphatic heterocycles. The second kappa shape index (κ2) is 60.8. The summed E-state index contributed by atoms with van der Waals surface area (Å²) in [5.41, 5.74) is 66.8. The molecule has 5 atom stereocenters. The predicted molar refractivity (Wildman–Crippen MR) is 526 cm³/mol. The minimum atomic E-state index is -0.604. The van der Waals surface area contributed by atoms with E-state index in [1.807, 2.05) is 62.3 Å². The van der Waals surface area contributed by atoms with E-state index in [1.54, 1.807) is 0 Å². The second-order valence-corrected chi connectivity index (χ2v) is 44.5. The fourth-order valence-electron chi connectivity index (χ4n) is 18.8. The van der Waals surface area contributed by atoms with Crippen molar-refractivity contribution in [3.05, 3.63) is 0 Å². The van der Waals surface area contributed by atoms with Crippen LogP contribution in [0.4, 0.5) is 0 Å². The number of hydrogen-bond donors (Lipinski definition) is 11. The van der Waals surface area contributed by atoms with Crippen LogP contribution in [0.3, 0.4) is 0 Å². The first-order chi connectivity index (χ1) is 60.2. The van der Waals surface area contributed by atoms with E-state index >= 15 is 0 Å². The van der Waals surface area contributed by atoms with Crippen LogP contribution in [0.15, 0.2) is 0 Å². The Morgan fingerprint density at radius 2 is 0.484 bits per heavy atom. The summed E-state index contributed by atoms with van der Waals surface area (Å²) in [5.74, 6) is 0.643. The molecule has 0 aromatic rings. The summed E-state index contributed by atoms with van der Waals surface area (Å²) >= 11 is 0. The molecule has 0 bridgehead atoms. The van der Waals surface area contributed by atoms with Crippen molar-refractivity contribution < 1.29 is 66.3 Å². The lowest BCUT2D eigenvalue weighted by molar-refractivity contribution is -0.266. The average molecular weight is 1830 g/mol. The molecule has 0 spiro atoms. The van der Waals surface area contributed by atoms with E-state index in [4.69, 9.17) is 129 Å². The smallest absolute Gasteiger partial charge is 0.163 e. The number of nitrogens with two attached hydrogens (primary N) is 11. The zero-order valence-electron chi connectivity index (χ0n) is 86.3. The molecule has 762 valence electrons. The Morgan fingerprint density at radius 1 is 0.258 bits per heavy atom. The molecule has 25 heteroatoms. The first kappa shape index (κ1) is 119. The quantitative estimate of drug-likeness (QED) is 0.0252. The van der Waals surface area contributed by atoms with Crippen LogP contribution in [0.25, 0.3) is 0 Å². The highest BCUT2D eigenvalue weighted by molar-refractivity contribution is 4.95. The summed E-state index contributed by atoms with van der Waals surface area (Å²) in [6.45, 7) is 45.1. The average Bonchev–Trinajstić information content (AvgIpc) is 1.68. The number of ether oxygens (including phenoxy) is 14. The molecular weight excluding hydrogens is 1620 g/mol. The van der Waals surface area contributed by atoms with E-state index in [2.05, 4.69) is 62.3 Å². The highest BCUT2D eigenvalue weighted by Crippen LogP contribution is 2.38. The van der Waals surface area contributed by atoms with E-state index in [-0.39, 0.29) is 75.3 Å². The van der Waals surface area contributed by atoms with Gasteiger partial charge in [-0.2, -0.15) is 0 Å². The molecule has 10 saturated carbocycles. The van der Waals surface area contributed by atoms with Gasteiger partial charge < -0.3 is 129 Å². The van der Waals surface area contributed by atoms with Gasteiger partial charge in [-0.15, -0.1) is 0 Å². The Kier molecular flexibility index (Phi) is 56.6. The van der Waals surface area contributed by atoms with E-state index in [0.717, 1.165) is 167 Å². The molecule has 128 heavy (non-hydrogen) atoms. The molecule has 25 nitrogen and oxygen atoms in total. The van der Waals surface area contributed by atoms with Crippen molar-refractivity contribution >= 4 is 0 Å². The van der Waals surface area contributed by atoms with Gasteiger partial charge in [0.15, 0.2) is 42.0 Å². The summed E-state index contributed by atoms with van der Waals surface area (Å²) in [5, 5.41) is 0. The maximum atomic E-state index is 6.43. The van der Waals surface area contributed by atoms with Gasteiger partial charge in [0, 0.05) is 56.4 Å². The summed E-state index contributed by atoms with van der Waals surface area (Å²) in [4.78, 5) is 0. The summed E-state index contributed by atoms with van der Waals surface area (Å²) in [6.07, 6.45) is 57.1. The molecule has 10 aliphatic rings. The SMILES string of the molecule is CC(C)(OCC1(N)CCCC1)OCC1(N)CCCC1.CC(C)(OCC1(N)CCCCC1)OCC1(N)CCCCC1.CC(OCC1(N)CCCC1)OCC1(N)CCCC1.CC(OCC1(N)CCCCC1)OCC1(N)CCCCC1.CCC(C)COC(C)(C)OCC(N)CC.CCC(C)COC(C)OCC(N)CC.CCC1CCC(OC(C)(C)OC2CCC(CN)CC2)CC1. The fourth-order valence-corrected chi connectivity index (χ4v) is 18.8. The third-order valence-corrected chi connectivity index (χ3v) is 29.4. The van der Waals surface area contributed by atoms with Gasteiger partial charge in [-0.1, -0.05) is 196 Å². The zero-order valence-corrected chi connectivity index (χ0v) is 86.3. The first-order valence-corrected chi connectivity index (χ1v) is 52.6. The van der Waals surface area contributed by atoms with E-state index in [1.165, 1.54) is 173 Å². The number of rotatable bonds is 46. The molecule has 0 amide bonds. The van der Waals surface area contributed by atoms with E-state index in [0.29, 0.717) is 96.0 Å². The molecule has 10 rings (SSSR count). The van der Waals surface area contributed by atoms with Crippen LogP contribution in [-0.4, -0.2) is 196 Å². The predicted octanol–water partition coefficient (Wildman–Crippen LogP) is 18.9. The van der Waals surface area contributed by atoms with Crippen molar-refractivity contribution in [1.29, 1.82) is 0 Å². The van der Waals surface area contributed by atoms with Gasteiger partial charge in [0.05, 0.1) is 91.5 Å². The summed E-state index contributed by atoms with van der Waals surface area (Å²) < 4.78 is 81.8. The molecular formula is C103H211N11O14. The van der Waals surface area contributed by atoms with Crippen molar-refractivity contribution in [3.8, 4) is 0 Å². The lowest BCUT2D eigenvalue weighted by Crippen LogP contribution is -2.51. The minimum absolute atomic E-state index is 0.108. The van der Waals surface area contributed by atoms with Crippen molar-refractivity contribution in [2.45, 2.75) is 550 Å². The third-order valence-electron chi connectivity index (χ3n) is 29.4. The maximum Gasteiger partial charge on any atom is 0.163 e. The summed E-state index contributed by atoms with van der Waals surface area (Å²) in [7, 11) is 0. The van der Waals surface area contributed by atoms with Crippen LogP contribution in [0.5, 0.6) is 0 Å². The molecule has 22 N–H and O–H groups in total. The van der Waals surface area contributed by atoms with Gasteiger partial charge in [-0.3, -0.25) is 0 Å². The van der Waals surface area contributed by atoms with Crippen LogP contribution in [0.2, 0.25) is 0 Å². The maximum absolute atomic E-state index is 6.43. The van der Waals surface area contributed by atoms with Crippen molar-refractivity contribution in [1.82, 2.24) is 0 Å². The Balaban J connectivity index is 0.000000314. The van der Waals surface area contributed by atoms with Crippen molar-refractivity contribution in [3.63, 3.8) is 0 Å². The zero-order chi connectivity index (χ0) is 95.1. The topological polar surface area (TPSA) is 415 Å². The molecule has 0 aromatic carbocycles. The van der Waals surface area contributed by atoms with Crippen LogP contribution in [0, 0.1) is 23.7 Å². The third kappa shape index (κ3) is 52.7. The first-order valence-electron chi connectivity index (χ1n) is 52.6. The standard InChI is InChI=1S/C18H35NO2.C17H34N2O2.C16H32N2O2.C15H30N2O2.C14H28N2O2.C12H27NO2.C11H25NO2/c1-4-14-5-9-16(10-6-14)20-18(2,3)21-17-11-7-15(13-19)8-12-17;1-15(2,20-13-16(18)9-5-3-6-10-16)21-14-17(19)11-7-4-8-12-17;1-14(19-12-15(17)8-4-2-5-9-15)20-13-16(18)10-6-3-7-11-16;1-13(2,18-11-14(16)7-3-4-8-14)19-12-15(17)9-5-6-10-15;1-12(17-10-13(15)6-2-3-7-13)18-11-14(16)8-4-5-9-14;1-6-10(3)8-14-12(4,5)15-9-11(13)7-2;1-5-9(3)7-13-10(4)14-8-11(12)6-2/h14-17H,4-13,19H2,1-3H3;3-14,18-19H2,1-2H3;14H,2-13,17-18H2,1H3;3-12,16-17H2,1-2H3;12H,2-11,15-16H2,1H3;10-11H,6-9,13H2,1-5H3;9-11H,5-8,12H2,1-4H3. The lowest BCUT2D eigenvalue weighted by atomic mass is 9.83. The van der Waals surface area contributed by atoms with Gasteiger partial charge in [0.1, 0.15) is 0 Å². The molecule has 0 heterocycles. The summed E-state index contributed by atoms with van der Waals surface area (Å²) in [6, 6.07) is 0.237. The minimum Gasteiger partial charge on any atom is -0.353 e. The normalized spacial score (nSPS) is 25.3. The molecule has 0 aromatic heterocycles. The van der Waals surface area contributed by atoms with Gasteiger partial charge >= 0.3 is 0 Å². The van der Waals surface area contributed by atoms with Crippen molar-refractivity contribution in [2.24, 2.45) is 86.7 Å². The fraction of sp³-hybridized carbons (Fsp3) is 1.00. The molecule has 10 fully saturated rings. The largest absolute Gasteiger partial charge is 0.353 e. The lowest BCUT2D eigenvalue weighted by Gasteiger charge is -2.39. The molecule has 0 saturated heterocycles. The van der Waals surface area contributed by atoms with Crippen LogP contribution in [0.1, 0.15) is 439 Å². The van der Waals surface area contributed by atoms with E-state index in [9.17, 15) is 0 Å².